The molecule has 1 fully saturated rings. The van der Waals surface area contributed by atoms with Crippen LogP contribution in [0, 0.1) is 0 Å². The van der Waals surface area contributed by atoms with E-state index in [0.29, 0.717) is 23.4 Å². The molecule has 11 nitrogen and oxygen atoms in total. The number of nitrogen functional groups attached to an aromatic ring is 1. The Hall–Kier alpha value is -2.62. The molecule has 0 bridgehead atoms. The van der Waals surface area contributed by atoms with Crippen LogP contribution in [-0.2, 0) is 4.74 Å². The lowest BCUT2D eigenvalue weighted by Gasteiger charge is -2.14. The molecule has 128 valence electrons. The summed E-state index contributed by atoms with van der Waals surface area (Å²) in [7, 11) is 0. The highest BCUT2D eigenvalue weighted by atomic mass is 16.5. The molecular weight excluding hydrogens is 314 g/mol. The van der Waals surface area contributed by atoms with Crippen molar-refractivity contribution in [1.82, 2.24) is 19.5 Å². The number of hydrogen-bond donors (Lipinski definition) is 3. The number of anilines is 2. The first-order valence-corrected chi connectivity index (χ1v) is 7.72. The zero-order chi connectivity index (χ0) is 17.1. The average molecular weight is 333 g/mol. The van der Waals surface area contributed by atoms with Crippen LogP contribution >= 0.6 is 0 Å². The first kappa shape index (κ1) is 16.2. The first-order chi connectivity index (χ1) is 11.7. The van der Waals surface area contributed by atoms with Crippen molar-refractivity contribution < 1.29 is 9.84 Å². The Kier molecular flexibility index (Phi) is 4.65. The average Bonchev–Trinajstić information content (AvgIpc) is 3.16. The number of fused-ring (bicyclic) bond motifs is 1. The van der Waals surface area contributed by atoms with Crippen LogP contribution in [0.4, 0.5) is 11.8 Å². The maximum atomic E-state index is 9.39. The van der Waals surface area contributed by atoms with E-state index < -0.39 is 18.4 Å². The van der Waals surface area contributed by atoms with Gasteiger partial charge in [0.25, 0.3) is 0 Å². The van der Waals surface area contributed by atoms with Crippen LogP contribution in [0.5, 0.6) is 0 Å². The van der Waals surface area contributed by atoms with Gasteiger partial charge in [0.1, 0.15) is 6.23 Å². The predicted molar refractivity (Wildman–Crippen MR) is 87.1 cm³/mol. The van der Waals surface area contributed by atoms with Crippen LogP contribution < -0.4 is 11.1 Å². The molecule has 1 aliphatic heterocycles. The molecule has 2 aromatic heterocycles. The normalized spacial score (nSPS) is 23.3. The third kappa shape index (κ3) is 2.92. The second-order valence-electron chi connectivity index (χ2n) is 5.50. The van der Waals surface area contributed by atoms with Gasteiger partial charge < -0.3 is 20.9 Å². The molecule has 0 spiro atoms. The Bertz CT molecular complexity index is 770. The number of imidazole rings is 1. The van der Waals surface area contributed by atoms with E-state index in [9.17, 15) is 5.11 Å². The summed E-state index contributed by atoms with van der Waals surface area (Å²) in [5.41, 5.74) is 15.6. The number of hydrogen-bond acceptors (Lipinski definition) is 8. The van der Waals surface area contributed by atoms with Crippen LogP contribution in [0.1, 0.15) is 26.0 Å². The number of nitrogens with zero attached hydrogens (tertiary/aromatic N) is 7. The van der Waals surface area contributed by atoms with Crippen LogP contribution in [0.15, 0.2) is 11.4 Å². The van der Waals surface area contributed by atoms with E-state index in [1.165, 1.54) is 0 Å². The summed E-state index contributed by atoms with van der Waals surface area (Å²) in [5, 5.41) is 16.2. The van der Waals surface area contributed by atoms with E-state index in [1.54, 1.807) is 10.9 Å². The maximum Gasteiger partial charge on any atom is 0.224 e. The van der Waals surface area contributed by atoms with Gasteiger partial charge in [-0.15, -0.1) is 0 Å². The van der Waals surface area contributed by atoms with Crippen LogP contribution in [0.25, 0.3) is 21.6 Å². The van der Waals surface area contributed by atoms with E-state index >= 15 is 0 Å². The molecule has 0 saturated carbocycles. The summed E-state index contributed by atoms with van der Waals surface area (Å²) in [6.07, 6.45) is 1.94. The zero-order valence-corrected chi connectivity index (χ0v) is 13.2. The van der Waals surface area contributed by atoms with Gasteiger partial charge in [-0.25, -0.2) is 4.98 Å². The number of aliphatic hydroxyl groups excluding tert-OH is 1. The summed E-state index contributed by atoms with van der Waals surface area (Å²) in [6.45, 7) is 2.56. The number of ether oxygens (including phenoxy) is 1. The van der Waals surface area contributed by atoms with Crippen molar-refractivity contribution in [3.05, 3.63) is 16.8 Å². The van der Waals surface area contributed by atoms with Gasteiger partial charge >= 0.3 is 0 Å². The number of aromatic nitrogens is 4. The molecule has 0 aliphatic carbocycles. The molecule has 3 rings (SSSR count). The second kappa shape index (κ2) is 6.87. The second-order valence-corrected chi connectivity index (χ2v) is 5.50. The molecule has 0 amide bonds. The predicted octanol–water partition coefficient (Wildman–Crippen LogP) is 1.19. The zero-order valence-electron chi connectivity index (χ0n) is 13.2. The minimum atomic E-state index is -0.555. The van der Waals surface area contributed by atoms with Gasteiger partial charge in [0.2, 0.25) is 5.95 Å². The first-order valence-electron chi connectivity index (χ1n) is 7.72. The molecule has 1 saturated heterocycles. The van der Waals surface area contributed by atoms with Gasteiger partial charge in [-0.1, -0.05) is 12.0 Å². The molecule has 3 unspecified atom stereocenters. The third-order valence-electron chi connectivity index (χ3n) is 3.88. The van der Waals surface area contributed by atoms with E-state index in [4.69, 9.17) is 16.0 Å². The molecule has 0 radical (unpaired) electrons. The Balaban J connectivity index is 1.96. The van der Waals surface area contributed by atoms with Gasteiger partial charge in [0, 0.05) is 17.9 Å². The van der Waals surface area contributed by atoms with E-state index in [-0.39, 0.29) is 12.6 Å². The van der Waals surface area contributed by atoms with Crippen molar-refractivity contribution in [3.63, 3.8) is 0 Å². The maximum absolute atomic E-state index is 9.39. The van der Waals surface area contributed by atoms with Gasteiger partial charge in [-0.2, -0.15) is 9.97 Å². The lowest BCUT2D eigenvalue weighted by Crippen LogP contribution is -2.22. The molecule has 1 aliphatic rings. The molecule has 11 heteroatoms. The molecule has 24 heavy (non-hydrogen) atoms. The van der Waals surface area contributed by atoms with Gasteiger partial charge in [-0.05, 0) is 12.0 Å². The Morgan fingerprint density at radius 2 is 2.42 bits per heavy atom. The molecule has 0 aromatic carbocycles. The largest absolute Gasteiger partial charge is 0.394 e. The highest BCUT2D eigenvalue weighted by Gasteiger charge is 2.36. The summed E-state index contributed by atoms with van der Waals surface area (Å²) >= 11 is 0. The summed E-state index contributed by atoms with van der Waals surface area (Å²) in [6, 6.07) is -0.445. The van der Waals surface area contributed by atoms with Crippen LogP contribution in [0.2, 0.25) is 0 Å². The quantitative estimate of drug-likeness (QED) is 0.406. The lowest BCUT2D eigenvalue weighted by atomic mass is 10.1. The number of nitrogens with one attached hydrogen (secondary N) is 1. The molecule has 3 atom stereocenters. The number of aliphatic hydroxyl groups is 1. The Labute approximate surface area is 137 Å². The smallest absolute Gasteiger partial charge is 0.224 e. The minimum absolute atomic E-state index is 0.131. The topological polar surface area (TPSA) is 160 Å². The number of azide groups is 1. The van der Waals surface area contributed by atoms with Gasteiger partial charge in [0.15, 0.2) is 17.0 Å². The third-order valence-corrected chi connectivity index (χ3v) is 3.88. The molecule has 4 N–H and O–H groups in total. The van der Waals surface area contributed by atoms with E-state index in [0.717, 1.165) is 13.0 Å². The fourth-order valence-corrected chi connectivity index (χ4v) is 2.75. The Morgan fingerprint density at radius 3 is 3.12 bits per heavy atom. The molecular formula is C13H19N9O2. The summed E-state index contributed by atoms with van der Waals surface area (Å²) in [4.78, 5) is 15.6. The van der Waals surface area contributed by atoms with Gasteiger partial charge in [-0.3, -0.25) is 4.57 Å². The van der Waals surface area contributed by atoms with Crippen molar-refractivity contribution in [2.45, 2.75) is 38.1 Å². The highest BCUT2D eigenvalue weighted by molar-refractivity contribution is 5.84. The number of rotatable bonds is 6. The van der Waals surface area contributed by atoms with Crippen molar-refractivity contribution in [2.75, 3.05) is 24.2 Å². The Morgan fingerprint density at radius 1 is 1.58 bits per heavy atom. The monoisotopic (exact) mass is 333 g/mol. The van der Waals surface area contributed by atoms with Crippen molar-refractivity contribution in [1.29, 1.82) is 0 Å². The van der Waals surface area contributed by atoms with E-state index in [2.05, 4.69) is 30.3 Å². The van der Waals surface area contributed by atoms with Crippen LogP contribution in [-0.4, -0.2) is 49.9 Å². The highest BCUT2D eigenvalue weighted by Crippen LogP contribution is 2.33. The summed E-state index contributed by atoms with van der Waals surface area (Å²) in [5.74, 6) is 0.701. The van der Waals surface area contributed by atoms with Crippen molar-refractivity contribution in [3.8, 4) is 0 Å². The molecule has 3 heterocycles. The SMILES string of the molecule is CCCNc1nc(N)nc2c1ncn2C1CC(N=[N+]=[N-])C(CO)O1. The van der Waals surface area contributed by atoms with Crippen molar-refractivity contribution in [2.24, 2.45) is 5.11 Å². The van der Waals surface area contributed by atoms with Crippen molar-refractivity contribution >= 4 is 22.9 Å². The van der Waals surface area contributed by atoms with Gasteiger partial charge in [0.05, 0.1) is 25.1 Å². The lowest BCUT2D eigenvalue weighted by molar-refractivity contribution is -0.0232. The fourth-order valence-electron chi connectivity index (χ4n) is 2.75. The summed E-state index contributed by atoms with van der Waals surface area (Å²) < 4.78 is 7.50. The molecule has 2 aromatic rings. The van der Waals surface area contributed by atoms with E-state index in [1.807, 2.05) is 6.92 Å². The minimum Gasteiger partial charge on any atom is -0.394 e. The van der Waals surface area contributed by atoms with Crippen LogP contribution in [0.3, 0.4) is 0 Å². The standard InChI is InChI=1S/C13H19N9O2/c1-2-3-16-11-10-12(19-13(14)18-11)22(6-17-10)9-4-7(20-21-15)8(5-23)24-9/h6-9,23H,2-5H2,1H3,(H3,14,16,18,19). The fraction of sp³-hybridized carbons (Fsp3) is 0.615. The number of nitrogens with two attached hydrogens (primary N) is 1.